The van der Waals surface area contributed by atoms with Crippen LogP contribution in [0.1, 0.15) is 27.7 Å². The second-order valence-corrected chi connectivity index (χ2v) is 4.66. The summed E-state index contributed by atoms with van der Waals surface area (Å²) < 4.78 is 0. The fourth-order valence-electron chi connectivity index (χ4n) is 1.88. The first-order chi connectivity index (χ1) is 6.73. The minimum absolute atomic E-state index is 0.789. The largest absolute Gasteiger partial charge is 0.371 e. The second kappa shape index (κ2) is 3.83. The van der Waals surface area contributed by atoms with Crippen molar-refractivity contribution >= 4 is 5.69 Å². The predicted molar refractivity (Wildman–Crippen MR) is 61.5 cm³/mol. The lowest BCUT2D eigenvalue weighted by Gasteiger charge is -2.44. The summed E-state index contributed by atoms with van der Waals surface area (Å²) >= 11 is 0. The normalized spacial score (nSPS) is 12.7. The summed E-state index contributed by atoms with van der Waals surface area (Å²) in [5, 5.41) is 20.1. The minimum Gasteiger partial charge on any atom is -0.371 e. The molecule has 2 N–H and O–H groups in total. The van der Waals surface area contributed by atoms with Crippen molar-refractivity contribution in [3.63, 3.8) is 0 Å². The van der Waals surface area contributed by atoms with Crippen molar-refractivity contribution in [1.29, 1.82) is 0 Å². The molecule has 1 aromatic carbocycles. The maximum atomic E-state index is 10.0. The molecule has 0 radical (unpaired) electrons. The van der Waals surface area contributed by atoms with Crippen molar-refractivity contribution in [2.75, 3.05) is 4.90 Å². The van der Waals surface area contributed by atoms with Gasteiger partial charge in [-0.1, -0.05) is 18.2 Å². The summed E-state index contributed by atoms with van der Waals surface area (Å²) in [6, 6.07) is 9.36. The van der Waals surface area contributed by atoms with Gasteiger partial charge < -0.3 is 15.1 Å². The molecule has 0 amide bonds. The highest BCUT2D eigenvalue weighted by atomic mass is 16.3. The Balaban J connectivity index is 3.15. The van der Waals surface area contributed by atoms with Crippen molar-refractivity contribution in [3.05, 3.63) is 30.3 Å². The van der Waals surface area contributed by atoms with Crippen LogP contribution in [0.5, 0.6) is 0 Å². The van der Waals surface area contributed by atoms with E-state index < -0.39 is 11.4 Å². The summed E-state index contributed by atoms with van der Waals surface area (Å²) in [5.74, 6) is 0. The number of para-hydroxylation sites is 1. The van der Waals surface area contributed by atoms with Gasteiger partial charge >= 0.3 is 0 Å². The van der Waals surface area contributed by atoms with Gasteiger partial charge in [-0.25, -0.2) is 0 Å². The lowest BCUT2D eigenvalue weighted by molar-refractivity contribution is -0.0201. The molecule has 15 heavy (non-hydrogen) atoms. The van der Waals surface area contributed by atoms with Crippen molar-refractivity contribution in [3.8, 4) is 0 Å². The minimum atomic E-state index is -1.11. The van der Waals surface area contributed by atoms with Crippen LogP contribution in [0.2, 0.25) is 0 Å². The number of hydrogen-bond acceptors (Lipinski definition) is 3. The van der Waals surface area contributed by atoms with Crippen molar-refractivity contribution in [2.45, 2.75) is 39.1 Å². The third-order valence-electron chi connectivity index (χ3n) is 2.11. The quantitative estimate of drug-likeness (QED) is 0.748. The fourth-order valence-corrected chi connectivity index (χ4v) is 1.88. The van der Waals surface area contributed by atoms with Crippen LogP contribution in [0.3, 0.4) is 0 Å². The van der Waals surface area contributed by atoms with Crippen LogP contribution in [0.25, 0.3) is 0 Å². The highest BCUT2D eigenvalue weighted by molar-refractivity contribution is 5.49. The Morgan fingerprint density at radius 2 is 1.27 bits per heavy atom. The molecule has 0 aromatic heterocycles. The molecule has 0 atom stereocenters. The number of rotatable bonds is 3. The van der Waals surface area contributed by atoms with Crippen LogP contribution in [-0.2, 0) is 0 Å². The molecular formula is C12H19NO2. The molecule has 0 aliphatic rings. The number of aliphatic hydroxyl groups is 2. The Labute approximate surface area is 91.0 Å². The topological polar surface area (TPSA) is 43.7 Å². The molecule has 1 rings (SSSR count). The lowest BCUT2D eigenvalue weighted by Crippen LogP contribution is -2.56. The standard InChI is InChI=1S/C12H19NO2/c1-11(2,14)13(12(3,4)15)10-8-6-5-7-9-10/h5-9,14-15H,1-4H3. The maximum Gasteiger partial charge on any atom is 0.134 e. The Morgan fingerprint density at radius 1 is 0.867 bits per heavy atom. The number of hydrogen-bond donors (Lipinski definition) is 2. The number of benzene rings is 1. The van der Waals surface area contributed by atoms with Gasteiger partial charge in [-0.15, -0.1) is 0 Å². The van der Waals surface area contributed by atoms with E-state index in [4.69, 9.17) is 0 Å². The third-order valence-corrected chi connectivity index (χ3v) is 2.11. The second-order valence-electron chi connectivity index (χ2n) is 4.66. The van der Waals surface area contributed by atoms with E-state index in [1.807, 2.05) is 30.3 Å². The molecule has 0 fully saturated rings. The highest BCUT2D eigenvalue weighted by Crippen LogP contribution is 2.28. The van der Waals surface area contributed by atoms with Gasteiger partial charge in [-0.2, -0.15) is 0 Å². The van der Waals surface area contributed by atoms with Gasteiger partial charge in [0.05, 0.1) is 0 Å². The Kier molecular flexibility index (Phi) is 3.07. The molecule has 0 heterocycles. The van der Waals surface area contributed by atoms with Gasteiger partial charge in [0, 0.05) is 5.69 Å². The van der Waals surface area contributed by atoms with Crippen molar-refractivity contribution in [1.82, 2.24) is 0 Å². The molecule has 84 valence electrons. The first-order valence-corrected chi connectivity index (χ1v) is 5.03. The molecule has 0 aliphatic carbocycles. The van der Waals surface area contributed by atoms with Gasteiger partial charge in [0.2, 0.25) is 0 Å². The average molecular weight is 209 g/mol. The van der Waals surface area contributed by atoms with Gasteiger partial charge in [0.15, 0.2) is 0 Å². The van der Waals surface area contributed by atoms with Crippen molar-refractivity contribution < 1.29 is 10.2 Å². The number of anilines is 1. The SMILES string of the molecule is CC(C)(O)N(c1ccccc1)C(C)(C)O. The van der Waals surface area contributed by atoms with Gasteiger partial charge in [-0.05, 0) is 39.8 Å². The molecular weight excluding hydrogens is 190 g/mol. The molecule has 0 unspecified atom stereocenters. The third kappa shape index (κ3) is 2.94. The summed E-state index contributed by atoms with van der Waals surface area (Å²) in [6.45, 7) is 6.60. The molecule has 3 nitrogen and oxygen atoms in total. The summed E-state index contributed by atoms with van der Waals surface area (Å²) in [6.07, 6.45) is 0. The predicted octanol–water partition coefficient (Wildman–Crippen LogP) is 1.95. The summed E-state index contributed by atoms with van der Waals surface area (Å²) in [4.78, 5) is 1.57. The van der Waals surface area contributed by atoms with E-state index in [1.54, 1.807) is 32.6 Å². The molecule has 0 spiro atoms. The van der Waals surface area contributed by atoms with E-state index in [0.717, 1.165) is 5.69 Å². The van der Waals surface area contributed by atoms with Crippen molar-refractivity contribution in [2.24, 2.45) is 0 Å². The number of nitrogens with zero attached hydrogens (tertiary/aromatic N) is 1. The van der Waals surface area contributed by atoms with Gasteiger partial charge in [0.25, 0.3) is 0 Å². The Bertz CT molecular complexity index is 295. The smallest absolute Gasteiger partial charge is 0.134 e. The van der Waals surface area contributed by atoms with E-state index in [1.165, 1.54) is 0 Å². The van der Waals surface area contributed by atoms with Crippen LogP contribution in [0.15, 0.2) is 30.3 Å². The lowest BCUT2D eigenvalue weighted by atomic mass is 10.1. The zero-order chi connectivity index (χ0) is 11.7. The Hall–Kier alpha value is -1.06. The first-order valence-electron chi connectivity index (χ1n) is 5.03. The van der Waals surface area contributed by atoms with Crippen LogP contribution in [-0.4, -0.2) is 21.7 Å². The van der Waals surface area contributed by atoms with E-state index in [2.05, 4.69) is 0 Å². The van der Waals surface area contributed by atoms with Gasteiger partial charge in [0.1, 0.15) is 11.4 Å². The highest BCUT2D eigenvalue weighted by Gasteiger charge is 2.34. The molecule has 0 saturated heterocycles. The molecule has 0 bridgehead atoms. The summed E-state index contributed by atoms with van der Waals surface area (Å²) in [7, 11) is 0. The van der Waals surface area contributed by atoms with Gasteiger partial charge in [-0.3, -0.25) is 0 Å². The zero-order valence-corrected chi connectivity index (χ0v) is 9.73. The molecule has 3 heteroatoms. The van der Waals surface area contributed by atoms with Crippen LogP contribution < -0.4 is 4.90 Å². The first kappa shape index (κ1) is 12.0. The molecule has 1 aromatic rings. The fraction of sp³-hybridized carbons (Fsp3) is 0.500. The van der Waals surface area contributed by atoms with Crippen LogP contribution >= 0.6 is 0 Å². The van der Waals surface area contributed by atoms with E-state index in [0.29, 0.717) is 0 Å². The Morgan fingerprint density at radius 3 is 1.60 bits per heavy atom. The van der Waals surface area contributed by atoms with E-state index in [9.17, 15) is 10.2 Å². The molecule has 0 saturated carbocycles. The zero-order valence-electron chi connectivity index (χ0n) is 9.73. The average Bonchev–Trinajstić information content (AvgIpc) is 2.00. The molecule has 0 aliphatic heterocycles. The van der Waals surface area contributed by atoms with Crippen LogP contribution in [0, 0.1) is 0 Å². The monoisotopic (exact) mass is 209 g/mol. The van der Waals surface area contributed by atoms with Crippen LogP contribution in [0.4, 0.5) is 5.69 Å². The van der Waals surface area contributed by atoms with E-state index in [-0.39, 0.29) is 0 Å². The van der Waals surface area contributed by atoms with E-state index >= 15 is 0 Å². The maximum absolute atomic E-state index is 10.0. The summed E-state index contributed by atoms with van der Waals surface area (Å²) in [5.41, 5.74) is -1.43.